The lowest BCUT2D eigenvalue weighted by Crippen LogP contribution is -2.11. The topological polar surface area (TPSA) is 50.9 Å². The summed E-state index contributed by atoms with van der Waals surface area (Å²) in [5, 5.41) is 11.2. The van der Waals surface area contributed by atoms with E-state index >= 15 is 0 Å². The van der Waals surface area contributed by atoms with E-state index in [2.05, 4.69) is 111 Å². The molecule has 4 aromatic carbocycles. The molecule has 0 saturated heterocycles. The van der Waals surface area contributed by atoms with Crippen LogP contribution in [0.4, 0.5) is 0 Å². The first-order valence-corrected chi connectivity index (χ1v) is 13.7. The Hall–Kier alpha value is -4.70. The molecule has 1 N–H and O–H groups in total. The number of pyridine rings is 1. The molecule has 0 aliphatic carbocycles. The Balaban J connectivity index is 1.66. The van der Waals surface area contributed by atoms with Crippen molar-refractivity contribution in [3.8, 4) is 45.2 Å². The number of imidazole rings is 1. The van der Waals surface area contributed by atoms with Crippen LogP contribution >= 0.6 is 0 Å². The van der Waals surface area contributed by atoms with E-state index < -0.39 is 0 Å². The summed E-state index contributed by atoms with van der Waals surface area (Å²) in [7, 11) is 0. The van der Waals surface area contributed by atoms with Gasteiger partial charge in [0.25, 0.3) is 0 Å². The van der Waals surface area contributed by atoms with E-state index in [0.717, 1.165) is 67.2 Å². The van der Waals surface area contributed by atoms with Crippen molar-refractivity contribution in [2.75, 3.05) is 0 Å². The first kappa shape index (κ1) is 25.6. The van der Waals surface area contributed by atoms with Crippen molar-refractivity contribution in [2.45, 2.75) is 40.0 Å². The van der Waals surface area contributed by atoms with E-state index in [1.807, 2.05) is 30.5 Å². The summed E-state index contributed by atoms with van der Waals surface area (Å²) in [4.78, 5) is 9.84. The molecule has 4 nitrogen and oxygen atoms in total. The summed E-state index contributed by atoms with van der Waals surface area (Å²) in [6, 6.07) is 33.0. The molecular formula is C36H33N3O. The van der Waals surface area contributed by atoms with Crippen LogP contribution < -0.4 is 0 Å². The van der Waals surface area contributed by atoms with E-state index in [4.69, 9.17) is 4.98 Å². The Morgan fingerprint density at radius 1 is 0.700 bits per heavy atom. The largest absolute Gasteiger partial charge is 0.507 e. The fourth-order valence-electron chi connectivity index (χ4n) is 5.46. The minimum atomic E-state index is -0.0745. The third-order valence-electron chi connectivity index (χ3n) is 7.59. The van der Waals surface area contributed by atoms with Gasteiger partial charge in [0.15, 0.2) is 0 Å². The molecule has 6 rings (SSSR count). The van der Waals surface area contributed by atoms with Gasteiger partial charge >= 0.3 is 0 Å². The quantitative estimate of drug-likeness (QED) is 0.251. The van der Waals surface area contributed by atoms with Crippen molar-refractivity contribution in [3.63, 3.8) is 0 Å². The van der Waals surface area contributed by atoms with Crippen LogP contribution in [0.15, 0.2) is 103 Å². The number of phenols is 1. The molecular weight excluding hydrogens is 490 g/mol. The second kappa shape index (κ2) is 9.80. The first-order chi connectivity index (χ1) is 19.2. The van der Waals surface area contributed by atoms with Gasteiger partial charge in [-0.05, 0) is 77.9 Å². The van der Waals surface area contributed by atoms with Crippen molar-refractivity contribution in [1.82, 2.24) is 14.5 Å². The van der Waals surface area contributed by atoms with E-state index in [0.29, 0.717) is 0 Å². The summed E-state index contributed by atoms with van der Waals surface area (Å²) >= 11 is 0. The molecule has 0 fully saturated rings. The second-order valence-corrected chi connectivity index (χ2v) is 11.5. The molecule has 40 heavy (non-hydrogen) atoms. The van der Waals surface area contributed by atoms with Gasteiger partial charge in [0.2, 0.25) is 0 Å². The SMILES string of the molecule is Cc1cccc(C)c1-n1c(-c2cc(C(C)(C)C)ccc2O)nc2c(-c3cccc(-c4ccccn4)c3)cccc21. The fraction of sp³-hybridized carbons (Fsp3) is 0.167. The van der Waals surface area contributed by atoms with Gasteiger partial charge in [-0.15, -0.1) is 0 Å². The van der Waals surface area contributed by atoms with Crippen molar-refractivity contribution in [1.29, 1.82) is 0 Å². The molecule has 0 atom stereocenters. The number of aryl methyl sites for hydroxylation is 2. The van der Waals surface area contributed by atoms with E-state index in [1.165, 1.54) is 0 Å². The van der Waals surface area contributed by atoms with Gasteiger partial charge < -0.3 is 5.11 Å². The van der Waals surface area contributed by atoms with Crippen molar-refractivity contribution < 1.29 is 5.11 Å². The van der Waals surface area contributed by atoms with Crippen LogP contribution in [-0.2, 0) is 5.41 Å². The van der Waals surface area contributed by atoms with Crippen LogP contribution in [0, 0.1) is 13.8 Å². The molecule has 2 aromatic heterocycles. The number of hydrogen-bond acceptors (Lipinski definition) is 3. The molecule has 0 aliphatic heterocycles. The maximum atomic E-state index is 11.2. The highest BCUT2D eigenvalue weighted by atomic mass is 16.3. The van der Waals surface area contributed by atoms with Gasteiger partial charge in [-0.1, -0.05) is 81.4 Å². The average molecular weight is 524 g/mol. The Kier molecular flexibility index (Phi) is 6.26. The molecule has 198 valence electrons. The molecule has 0 aliphatic rings. The molecule has 6 aromatic rings. The van der Waals surface area contributed by atoms with E-state index in [1.54, 1.807) is 6.07 Å². The number of rotatable bonds is 4. The van der Waals surface area contributed by atoms with Crippen LogP contribution in [0.1, 0.15) is 37.5 Å². The zero-order chi connectivity index (χ0) is 28.0. The number of phenolic OH excluding ortho intramolecular Hbond substituents is 1. The van der Waals surface area contributed by atoms with Gasteiger partial charge in [-0.25, -0.2) is 4.98 Å². The molecule has 0 unspecified atom stereocenters. The summed E-state index contributed by atoms with van der Waals surface area (Å²) in [6.45, 7) is 10.8. The number of para-hydroxylation sites is 2. The standard InChI is InChI=1S/C36H33N3O/c1-23-11-8-12-24(2)34(23)39-31-17-10-15-28(25-13-9-14-26(21-25)30-16-6-7-20-37-30)33(31)38-35(39)29-22-27(36(3,4)5)18-19-32(29)40/h6-22,40H,1-5H3. The third-order valence-corrected chi connectivity index (χ3v) is 7.59. The van der Waals surface area contributed by atoms with Crippen LogP contribution in [0.5, 0.6) is 5.75 Å². The highest BCUT2D eigenvalue weighted by molar-refractivity contribution is 5.96. The molecule has 0 bridgehead atoms. The van der Waals surface area contributed by atoms with E-state index in [9.17, 15) is 5.11 Å². The number of hydrogen-bond donors (Lipinski definition) is 1. The average Bonchev–Trinajstić information content (AvgIpc) is 3.32. The van der Waals surface area contributed by atoms with Gasteiger partial charge in [0.1, 0.15) is 11.6 Å². The van der Waals surface area contributed by atoms with Crippen LogP contribution in [-0.4, -0.2) is 19.6 Å². The minimum absolute atomic E-state index is 0.0745. The molecule has 4 heteroatoms. The number of aromatic nitrogens is 3. The van der Waals surface area contributed by atoms with Crippen molar-refractivity contribution in [3.05, 3.63) is 120 Å². The monoisotopic (exact) mass is 523 g/mol. The normalized spacial score (nSPS) is 11.7. The van der Waals surface area contributed by atoms with Crippen molar-refractivity contribution in [2.24, 2.45) is 0 Å². The van der Waals surface area contributed by atoms with Crippen LogP contribution in [0.3, 0.4) is 0 Å². The summed E-state index contributed by atoms with van der Waals surface area (Å²) in [5.41, 5.74) is 11.1. The minimum Gasteiger partial charge on any atom is -0.507 e. The van der Waals surface area contributed by atoms with Crippen LogP contribution in [0.25, 0.3) is 50.5 Å². The Bertz CT molecular complexity index is 1840. The lowest BCUT2D eigenvalue weighted by molar-refractivity contribution is 0.475. The molecule has 0 spiro atoms. The van der Waals surface area contributed by atoms with Gasteiger partial charge in [-0.2, -0.15) is 0 Å². The lowest BCUT2D eigenvalue weighted by Gasteiger charge is -2.21. The number of fused-ring (bicyclic) bond motifs is 1. The Morgan fingerprint density at radius 3 is 2.15 bits per heavy atom. The molecule has 0 radical (unpaired) electrons. The highest BCUT2D eigenvalue weighted by Gasteiger charge is 2.23. The summed E-state index contributed by atoms with van der Waals surface area (Å²) in [6.07, 6.45) is 1.82. The predicted molar refractivity (Wildman–Crippen MR) is 165 cm³/mol. The van der Waals surface area contributed by atoms with Crippen LogP contribution in [0.2, 0.25) is 0 Å². The highest BCUT2D eigenvalue weighted by Crippen LogP contribution is 2.40. The Morgan fingerprint density at radius 2 is 1.43 bits per heavy atom. The summed E-state index contributed by atoms with van der Waals surface area (Å²) in [5.74, 6) is 0.943. The maximum absolute atomic E-state index is 11.2. The van der Waals surface area contributed by atoms with E-state index in [-0.39, 0.29) is 11.2 Å². The zero-order valence-corrected chi connectivity index (χ0v) is 23.6. The van der Waals surface area contributed by atoms with Gasteiger partial charge in [-0.3, -0.25) is 9.55 Å². The molecule has 0 saturated carbocycles. The second-order valence-electron chi connectivity index (χ2n) is 11.5. The zero-order valence-electron chi connectivity index (χ0n) is 23.6. The number of benzene rings is 4. The molecule has 2 heterocycles. The first-order valence-electron chi connectivity index (χ1n) is 13.7. The van der Waals surface area contributed by atoms with Gasteiger partial charge in [0.05, 0.1) is 28.0 Å². The van der Waals surface area contributed by atoms with Crippen molar-refractivity contribution >= 4 is 11.0 Å². The number of nitrogens with zero attached hydrogens (tertiary/aromatic N) is 3. The van der Waals surface area contributed by atoms with Gasteiger partial charge in [0, 0.05) is 17.3 Å². The third kappa shape index (κ3) is 4.46. The Labute approximate surface area is 235 Å². The summed E-state index contributed by atoms with van der Waals surface area (Å²) < 4.78 is 2.22. The number of aromatic hydroxyl groups is 1. The fourth-order valence-corrected chi connectivity index (χ4v) is 5.46. The maximum Gasteiger partial charge on any atom is 0.149 e. The molecule has 0 amide bonds. The lowest BCUT2D eigenvalue weighted by atomic mass is 9.86. The predicted octanol–water partition coefficient (Wildman–Crippen LogP) is 9.04. The smallest absolute Gasteiger partial charge is 0.149 e.